The fourth-order valence-electron chi connectivity index (χ4n) is 1.60. The number of ether oxygens (including phenoxy) is 1. The van der Waals surface area contributed by atoms with Crippen molar-refractivity contribution in [2.45, 2.75) is 24.5 Å². The van der Waals surface area contributed by atoms with Gasteiger partial charge in [-0.3, -0.25) is 4.79 Å². The van der Waals surface area contributed by atoms with Gasteiger partial charge in [0, 0.05) is 6.54 Å². The van der Waals surface area contributed by atoms with E-state index in [2.05, 4.69) is 0 Å². The van der Waals surface area contributed by atoms with Gasteiger partial charge >= 0.3 is 5.97 Å². The molecule has 0 aliphatic rings. The lowest BCUT2D eigenvalue weighted by molar-refractivity contribution is -0.143. The Hall–Kier alpha value is -1.03. The maximum absolute atomic E-state index is 12.5. The molecule has 9 heteroatoms. The van der Waals surface area contributed by atoms with Gasteiger partial charge in [0.2, 0.25) is 0 Å². The van der Waals surface area contributed by atoms with E-state index in [-0.39, 0.29) is 28.9 Å². The Morgan fingerprint density at radius 1 is 1.43 bits per heavy atom. The second-order valence-electron chi connectivity index (χ2n) is 4.13. The standard InChI is InChI=1S/C12H18N2O4S3/c1-3-7-14(8-10(15)18-4-2)21(16,17)11-6-5-9(20-11)12(13)19/h5-6H,3-4,7-8H2,1-2H3,(H2,13,19). The van der Waals surface area contributed by atoms with E-state index >= 15 is 0 Å². The highest BCUT2D eigenvalue weighted by Gasteiger charge is 2.28. The number of esters is 1. The van der Waals surface area contributed by atoms with Crippen LogP contribution in [-0.2, 0) is 19.6 Å². The number of carbonyl (C=O) groups is 1. The molecule has 0 atom stereocenters. The summed E-state index contributed by atoms with van der Waals surface area (Å²) in [4.78, 5) is 12.2. The number of nitrogens with two attached hydrogens (primary N) is 1. The SMILES string of the molecule is CCCN(CC(=O)OCC)S(=O)(=O)c1ccc(C(N)=S)s1. The van der Waals surface area contributed by atoms with Gasteiger partial charge in [-0.15, -0.1) is 11.3 Å². The molecule has 2 N–H and O–H groups in total. The van der Waals surface area contributed by atoms with Crippen LogP contribution in [0.4, 0.5) is 0 Å². The van der Waals surface area contributed by atoms with Crippen molar-refractivity contribution in [2.24, 2.45) is 5.73 Å². The highest BCUT2D eigenvalue weighted by molar-refractivity contribution is 7.91. The van der Waals surface area contributed by atoms with E-state index < -0.39 is 16.0 Å². The molecular formula is C12H18N2O4S3. The molecule has 0 saturated heterocycles. The van der Waals surface area contributed by atoms with E-state index in [1.54, 1.807) is 13.0 Å². The van der Waals surface area contributed by atoms with Crippen LogP contribution in [0.15, 0.2) is 16.3 Å². The number of thiocarbonyl (C=S) groups is 1. The quantitative estimate of drug-likeness (QED) is 0.562. The summed E-state index contributed by atoms with van der Waals surface area (Å²) >= 11 is 5.82. The van der Waals surface area contributed by atoms with Gasteiger partial charge < -0.3 is 10.5 Å². The molecule has 0 bridgehead atoms. The zero-order valence-corrected chi connectivity index (χ0v) is 14.3. The first kappa shape index (κ1) is 18.0. The Morgan fingerprint density at radius 2 is 2.10 bits per heavy atom. The summed E-state index contributed by atoms with van der Waals surface area (Å²) < 4.78 is 31.1. The van der Waals surface area contributed by atoms with E-state index in [9.17, 15) is 13.2 Å². The minimum Gasteiger partial charge on any atom is -0.465 e. The van der Waals surface area contributed by atoms with Crippen molar-refractivity contribution >= 4 is 44.5 Å². The molecule has 1 aromatic rings. The molecule has 0 amide bonds. The molecule has 1 rings (SSSR count). The van der Waals surface area contributed by atoms with Crippen molar-refractivity contribution in [1.82, 2.24) is 4.31 Å². The molecule has 0 radical (unpaired) electrons. The third-order valence-electron chi connectivity index (χ3n) is 2.50. The van der Waals surface area contributed by atoms with Gasteiger partial charge in [0.25, 0.3) is 10.0 Å². The smallest absolute Gasteiger partial charge is 0.321 e. The molecule has 118 valence electrons. The lowest BCUT2D eigenvalue weighted by Crippen LogP contribution is -2.36. The Kier molecular flexibility index (Phi) is 6.72. The fraction of sp³-hybridized carbons (Fsp3) is 0.500. The molecule has 21 heavy (non-hydrogen) atoms. The summed E-state index contributed by atoms with van der Waals surface area (Å²) in [6.07, 6.45) is 0.589. The predicted octanol–water partition coefficient (Wildman–Crippen LogP) is 1.35. The third-order valence-corrected chi connectivity index (χ3v) is 6.28. The zero-order valence-electron chi connectivity index (χ0n) is 11.9. The molecule has 0 unspecified atom stereocenters. The van der Waals surface area contributed by atoms with Crippen molar-refractivity contribution in [1.29, 1.82) is 0 Å². The van der Waals surface area contributed by atoms with Crippen molar-refractivity contribution < 1.29 is 17.9 Å². The summed E-state index contributed by atoms with van der Waals surface area (Å²) in [5.74, 6) is -0.569. The lowest BCUT2D eigenvalue weighted by Gasteiger charge is -2.19. The van der Waals surface area contributed by atoms with Crippen molar-refractivity contribution in [2.75, 3.05) is 19.7 Å². The van der Waals surface area contributed by atoms with Gasteiger partial charge in [0.15, 0.2) is 0 Å². The van der Waals surface area contributed by atoms with Crippen LogP contribution in [0.3, 0.4) is 0 Å². The number of sulfonamides is 1. The minimum atomic E-state index is -3.75. The summed E-state index contributed by atoms with van der Waals surface area (Å²) in [7, 11) is -3.75. The van der Waals surface area contributed by atoms with Gasteiger partial charge in [-0.25, -0.2) is 8.42 Å². The average molecular weight is 350 g/mol. The van der Waals surface area contributed by atoms with Crippen LogP contribution in [-0.4, -0.2) is 43.4 Å². The number of nitrogens with zero attached hydrogens (tertiary/aromatic N) is 1. The summed E-state index contributed by atoms with van der Waals surface area (Å²) in [6.45, 7) is 3.65. The second kappa shape index (κ2) is 7.83. The Balaban J connectivity index is 3.03. The van der Waals surface area contributed by atoms with Crippen molar-refractivity contribution in [3.05, 3.63) is 17.0 Å². The minimum absolute atomic E-state index is 0.114. The third kappa shape index (κ3) is 4.73. The monoisotopic (exact) mass is 350 g/mol. The molecule has 0 aromatic carbocycles. The van der Waals surface area contributed by atoms with Gasteiger partial charge in [-0.1, -0.05) is 19.1 Å². The molecule has 6 nitrogen and oxygen atoms in total. The number of carbonyl (C=O) groups excluding carboxylic acids is 1. The molecule has 1 heterocycles. The topological polar surface area (TPSA) is 89.7 Å². The first-order chi connectivity index (χ1) is 9.82. The fourth-order valence-corrected chi connectivity index (χ4v) is 4.58. The Morgan fingerprint density at radius 3 is 2.57 bits per heavy atom. The Bertz CT molecular complexity index is 610. The van der Waals surface area contributed by atoms with Gasteiger partial charge in [-0.2, -0.15) is 4.31 Å². The average Bonchev–Trinajstić information content (AvgIpc) is 2.89. The zero-order chi connectivity index (χ0) is 16.0. The molecule has 0 saturated carbocycles. The van der Waals surface area contributed by atoms with Gasteiger partial charge in [0.1, 0.15) is 15.7 Å². The van der Waals surface area contributed by atoms with E-state index in [0.717, 1.165) is 15.6 Å². The maximum Gasteiger partial charge on any atom is 0.321 e. The van der Waals surface area contributed by atoms with E-state index in [1.807, 2.05) is 6.92 Å². The maximum atomic E-state index is 12.5. The van der Waals surface area contributed by atoms with Crippen LogP contribution in [0, 0.1) is 0 Å². The molecule has 0 aliphatic carbocycles. The summed E-state index contributed by atoms with van der Waals surface area (Å²) in [5, 5.41) is 0. The number of thiophene rings is 1. The molecule has 0 aliphatic heterocycles. The largest absolute Gasteiger partial charge is 0.465 e. The highest BCUT2D eigenvalue weighted by Crippen LogP contribution is 2.25. The number of hydrogen-bond acceptors (Lipinski definition) is 6. The van der Waals surface area contributed by atoms with Crippen LogP contribution in [0.25, 0.3) is 0 Å². The van der Waals surface area contributed by atoms with Crippen LogP contribution >= 0.6 is 23.6 Å². The highest BCUT2D eigenvalue weighted by atomic mass is 32.2. The van der Waals surface area contributed by atoms with E-state index in [4.69, 9.17) is 22.7 Å². The van der Waals surface area contributed by atoms with E-state index in [0.29, 0.717) is 11.3 Å². The van der Waals surface area contributed by atoms with Crippen molar-refractivity contribution in [3.8, 4) is 0 Å². The lowest BCUT2D eigenvalue weighted by atomic mass is 10.5. The molecular weight excluding hydrogens is 332 g/mol. The summed E-state index contributed by atoms with van der Waals surface area (Å²) in [6, 6.07) is 3.01. The number of rotatable bonds is 8. The molecule has 0 fully saturated rings. The molecule has 0 spiro atoms. The first-order valence-corrected chi connectivity index (χ1v) is 9.04. The van der Waals surface area contributed by atoms with Crippen LogP contribution < -0.4 is 5.73 Å². The number of hydrogen-bond donors (Lipinski definition) is 1. The van der Waals surface area contributed by atoms with Gasteiger partial charge in [0.05, 0.1) is 11.5 Å². The molecule has 1 aromatic heterocycles. The Labute approximate surface area is 133 Å². The van der Waals surface area contributed by atoms with Crippen LogP contribution in [0.2, 0.25) is 0 Å². The first-order valence-electron chi connectivity index (χ1n) is 6.38. The normalized spacial score (nSPS) is 11.6. The van der Waals surface area contributed by atoms with E-state index in [1.165, 1.54) is 6.07 Å². The predicted molar refractivity (Wildman–Crippen MR) is 85.9 cm³/mol. The van der Waals surface area contributed by atoms with Crippen molar-refractivity contribution in [3.63, 3.8) is 0 Å². The summed E-state index contributed by atoms with van der Waals surface area (Å²) in [5.41, 5.74) is 5.48. The van der Waals surface area contributed by atoms with Gasteiger partial charge in [-0.05, 0) is 25.5 Å². The van der Waals surface area contributed by atoms with Crippen LogP contribution in [0.1, 0.15) is 25.1 Å². The van der Waals surface area contributed by atoms with Crippen LogP contribution in [0.5, 0.6) is 0 Å². The second-order valence-corrected chi connectivity index (χ2v) is 7.81.